The third kappa shape index (κ3) is 2.92. The van der Waals surface area contributed by atoms with Gasteiger partial charge in [0.25, 0.3) is 0 Å². The van der Waals surface area contributed by atoms with Gasteiger partial charge in [-0.3, -0.25) is 14.4 Å². The van der Waals surface area contributed by atoms with E-state index in [0.29, 0.717) is 11.3 Å². The van der Waals surface area contributed by atoms with Gasteiger partial charge in [0, 0.05) is 22.9 Å². The summed E-state index contributed by atoms with van der Waals surface area (Å²) < 4.78 is 0. The topological polar surface area (TPSA) is 66.5 Å². The minimum atomic E-state index is -1.27. The summed E-state index contributed by atoms with van der Waals surface area (Å²) in [5, 5.41) is 3.08. The van der Waals surface area contributed by atoms with Crippen LogP contribution in [0.2, 0.25) is 0 Å². The highest BCUT2D eigenvalue weighted by Crippen LogP contribution is 2.62. The van der Waals surface area contributed by atoms with Crippen LogP contribution < -0.4 is 5.32 Å². The molecule has 1 fully saturated rings. The van der Waals surface area contributed by atoms with Crippen molar-refractivity contribution >= 4 is 29.2 Å². The molecule has 3 aromatic rings. The molecular formula is C31H28N2O3. The molecule has 180 valence electrons. The Morgan fingerprint density at radius 3 is 2.31 bits per heavy atom. The van der Waals surface area contributed by atoms with E-state index in [4.69, 9.17) is 0 Å². The molecule has 0 saturated carbocycles. The third-order valence-electron chi connectivity index (χ3n) is 7.92. The summed E-state index contributed by atoms with van der Waals surface area (Å²) in [6, 6.07) is 23.3. The van der Waals surface area contributed by atoms with Gasteiger partial charge in [0.2, 0.25) is 5.91 Å². The number of ketones is 2. The summed E-state index contributed by atoms with van der Waals surface area (Å²) in [6.07, 6.45) is 3.89. The lowest BCUT2D eigenvalue weighted by Gasteiger charge is -2.38. The second-order valence-corrected chi connectivity index (χ2v) is 10.9. The van der Waals surface area contributed by atoms with Crippen LogP contribution in [0.4, 0.5) is 5.69 Å². The summed E-state index contributed by atoms with van der Waals surface area (Å²) >= 11 is 0. The molecule has 1 amide bonds. The maximum Gasteiger partial charge on any atom is 0.238 e. The Kier molecular flexibility index (Phi) is 4.84. The molecule has 0 aromatic heterocycles. The van der Waals surface area contributed by atoms with Gasteiger partial charge in [-0.05, 0) is 28.8 Å². The lowest BCUT2D eigenvalue weighted by Crippen LogP contribution is -2.50. The average molecular weight is 477 g/mol. The van der Waals surface area contributed by atoms with Crippen molar-refractivity contribution in [3.05, 3.63) is 107 Å². The van der Waals surface area contributed by atoms with Crippen LogP contribution in [0.3, 0.4) is 0 Å². The predicted molar refractivity (Wildman–Crippen MR) is 139 cm³/mol. The highest BCUT2D eigenvalue weighted by molar-refractivity contribution is 6.15. The number of hydrogen-bond acceptors (Lipinski definition) is 4. The van der Waals surface area contributed by atoms with E-state index < -0.39 is 28.8 Å². The maximum absolute atomic E-state index is 14.5. The molecule has 36 heavy (non-hydrogen) atoms. The number of anilines is 1. The Morgan fingerprint density at radius 2 is 1.56 bits per heavy atom. The van der Waals surface area contributed by atoms with Crippen molar-refractivity contribution in [2.24, 2.45) is 11.3 Å². The van der Waals surface area contributed by atoms with Crippen molar-refractivity contribution in [2.75, 3.05) is 5.32 Å². The summed E-state index contributed by atoms with van der Waals surface area (Å²) in [6.45, 7) is 5.64. The van der Waals surface area contributed by atoms with Crippen molar-refractivity contribution in [3.63, 3.8) is 0 Å². The lowest BCUT2D eigenvalue weighted by atomic mass is 9.62. The third-order valence-corrected chi connectivity index (χ3v) is 7.92. The molecule has 0 aliphatic carbocycles. The monoisotopic (exact) mass is 476 g/mol. The first-order chi connectivity index (χ1) is 17.3. The Balaban J connectivity index is 1.70. The molecular weight excluding hydrogens is 448 g/mol. The molecule has 5 heteroatoms. The highest BCUT2D eigenvalue weighted by atomic mass is 16.2. The minimum Gasteiger partial charge on any atom is -0.358 e. The summed E-state index contributed by atoms with van der Waals surface area (Å²) in [5.74, 6) is -1.39. The highest BCUT2D eigenvalue weighted by Gasteiger charge is 2.71. The fourth-order valence-corrected chi connectivity index (χ4v) is 6.39. The molecule has 1 saturated heterocycles. The van der Waals surface area contributed by atoms with Crippen LogP contribution in [0.15, 0.2) is 85.1 Å². The number of rotatable bonds is 3. The van der Waals surface area contributed by atoms with Crippen LogP contribution in [0, 0.1) is 11.3 Å². The van der Waals surface area contributed by atoms with Crippen LogP contribution in [0.5, 0.6) is 0 Å². The number of hydrogen-bond donors (Lipinski definition) is 1. The molecule has 1 N–H and O–H groups in total. The van der Waals surface area contributed by atoms with E-state index in [9.17, 15) is 14.4 Å². The standard InChI is InChI=1S/C31H28N2O3/c1-30(2,3)28(35)25-24(26(34)20-12-5-4-6-13-20)31(22-15-9-10-16-23(22)32-29(31)36)27-21-14-8-7-11-19(21)17-18-33(25)27/h4-18,24-25,27H,1-3H3,(H,32,36)/t24-,25+,27-,31+/m1/s1. The quantitative estimate of drug-likeness (QED) is 0.514. The fraction of sp³-hybridized carbons (Fsp3) is 0.258. The minimum absolute atomic E-state index is 0.0557. The maximum atomic E-state index is 14.5. The molecule has 3 heterocycles. The van der Waals surface area contributed by atoms with Gasteiger partial charge < -0.3 is 10.2 Å². The number of nitrogens with zero attached hydrogens (tertiary/aromatic N) is 1. The average Bonchev–Trinajstić information content (AvgIpc) is 3.35. The Morgan fingerprint density at radius 1 is 0.889 bits per heavy atom. The molecule has 4 atom stereocenters. The van der Waals surface area contributed by atoms with Crippen molar-refractivity contribution in [3.8, 4) is 0 Å². The second kappa shape index (κ2) is 7.76. The number of fused-ring (bicyclic) bond motifs is 6. The van der Waals surface area contributed by atoms with Gasteiger partial charge in [0.05, 0.1) is 18.0 Å². The van der Waals surface area contributed by atoms with Gasteiger partial charge in [0.1, 0.15) is 5.41 Å². The zero-order valence-electron chi connectivity index (χ0n) is 20.6. The second-order valence-electron chi connectivity index (χ2n) is 10.9. The van der Waals surface area contributed by atoms with Gasteiger partial charge >= 0.3 is 0 Å². The Bertz CT molecular complexity index is 1440. The lowest BCUT2D eigenvalue weighted by molar-refractivity contribution is -0.131. The number of para-hydroxylation sites is 1. The van der Waals surface area contributed by atoms with E-state index >= 15 is 0 Å². The van der Waals surface area contributed by atoms with Gasteiger partial charge in [-0.15, -0.1) is 0 Å². The van der Waals surface area contributed by atoms with E-state index in [0.717, 1.165) is 16.7 Å². The van der Waals surface area contributed by atoms with Gasteiger partial charge in [-0.25, -0.2) is 0 Å². The van der Waals surface area contributed by atoms with E-state index in [1.54, 1.807) is 12.1 Å². The zero-order chi connectivity index (χ0) is 25.2. The Labute approximate surface area is 210 Å². The fourth-order valence-electron chi connectivity index (χ4n) is 6.39. The number of carbonyl (C=O) groups is 3. The summed E-state index contributed by atoms with van der Waals surface area (Å²) in [7, 11) is 0. The van der Waals surface area contributed by atoms with E-state index in [1.807, 2.05) is 105 Å². The van der Waals surface area contributed by atoms with Crippen molar-refractivity contribution in [1.29, 1.82) is 0 Å². The largest absolute Gasteiger partial charge is 0.358 e. The van der Waals surface area contributed by atoms with Gasteiger partial charge in [-0.2, -0.15) is 0 Å². The van der Waals surface area contributed by atoms with Crippen molar-refractivity contribution in [1.82, 2.24) is 4.90 Å². The van der Waals surface area contributed by atoms with E-state index in [1.165, 1.54) is 0 Å². The first-order valence-electron chi connectivity index (χ1n) is 12.4. The smallest absolute Gasteiger partial charge is 0.238 e. The molecule has 0 radical (unpaired) electrons. The number of benzene rings is 3. The molecule has 3 aliphatic rings. The molecule has 6 rings (SSSR count). The molecule has 5 nitrogen and oxygen atoms in total. The predicted octanol–water partition coefficient (Wildman–Crippen LogP) is 5.40. The van der Waals surface area contributed by atoms with Crippen LogP contribution in [0.1, 0.15) is 53.9 Å². The number of nitrogens with one attached hydrogen (secondary N) is 1. The molecule has 0 unspecified atom stereocenters. The van der Waals surface area contributed by atoms with Gasteiger partial charge in [0.15, 0.2) is 11.6 Å². The van der Waals surface area contributed by atoms with Crippen LogP contribution in [-0.4, -0.2) is 28.4 Å². The Hall–Kier alpha value is -3.99. The number of carbonyl (C=O) groups excluding carboxylic acids is 3. The van der Waals surface area contributed by atoms with Gasteiger partial charge in [-0.1, -0.05) is 93.6 Å². The van der Waals surface area contributed by atoms with Crippen LogP contribution >= 0.6 is 0 Å². The first kappa shape index (κ1) is 22.5. The number of amides is 1. The van der Waals surface area contributed by atoms with E-state index in [-0.39, 0.29) is 17.5 Å². The van der Waals surface area contributed by atoms with Crippen molar-refractivity contribution in [2.45, 2.75) is 38.3 Å². The molecule has 0 bridgehead atoms. The number of Topliss-reactive ketones (excluding diaryl/α,β-unsaturated/α-hetero) is 2. The van der Waals surface area contributed by atoms with Crippen LogP contribution in [-0.2, 0) is 15.0 Å². The molecule has 3 aromatic carbocycles. The molecule has 3 aliphatic heterocycles. The summed E-state index contributed by atoms with van der Waals surface area (Å²) in [5.41, 5.74) is 1.93. The SMILES string of the molecule is CC(C)(C)C(=O)[C@@H]1[C@H](C(=O)c2ccccc2)[C@]2(C(=O)Nc3ccccc32)[C@H]2c3ccccc3C=CN12. The van der Waals surface area contributed by atoms with Crippen LogP contribution in [0.25, 0.3) is 6.08 Å². The first-order valence-corrected chi connectivity index (χ1v) is 12.4. The molecule has 1 spiro atoms. The summed E-state index contributed by atoms with van der Waals surface area (Å²) in [4.78, 5) is 44.9. The zero-order valence-corrected chi connectivity index (χ0v) is 20.6. The van der Waals surface area contributed by atoms with E-state index in [2.05, 4.69) is 5.32 Å². The van der Waals surface area contributed by atoms with Crippen molar-refractivity contribution < 1.29 is 14.4 Å². The normalized spacial score (nSPS) is 25.8.